The minimum absolute atomic E-state index is 0.973. The third-order valence-electron chi connectivity index (χ3n) is 1.59. The highest BCUT2D eigenvalue weighted by molar-refractivity contribution is 5.40. The smallest absolute Gasteiger partial charge is 0.205 e. The van der Waals surface area contributed by atoms with Crippen LogP contribution in [0.25, 0.3) is 6.08 Å². The van der Waals surface area contributed by atoms with E-state index in [9.17, 15) is 0 Å². The van der Waals surface area contributed by atoms with E-state index in [-0.39, 0.29) is 0 Å². The SMILES string of the molecule is C=C1C=c2ccccc2=[NH+]1. The number of nitrogens with one attached hydrogen (secondary N) is 1. The molecule has 0 saturated carbocycles. The molecule has 48 valence electrons. The monoisotopic (exact) mass is 130 g/mol. The summed E-state index contributed by atoms with van der Waals surface area (Å²) in [5.41, 5.74) is 0.973. The zero-order valence-electron chi connectivity index (χ0n) is 5.59. The Morgan fingerprint density at radius 2 is 2.00 bits per heavy atom. The molecule has 0 aromatic heterocycles. The fourth-order valence-corrected chi connectivity index (χ4v) is 1.13. The fourth-order valence-electron chi connectivity index (χ4n) is 1.13. The van der Waals surface area contributed by atoms with E-state index in [1.165, 1.54) is 5.22 Å². The van der Waals surface area contributed by atoms with Crippen LogP contribution in [0.5, 0.6) is 0 Å². The molecule has 10 heavy (non-hydrogen) atoms. The highest BCUT2D eigenvalue weighted by Gasteiger charge is 2.01. The molecule has 0 aliphatic carbocycles. The van der Waals surface area contributed by atoms with Crippen LogP contribution < -0.4 is 15.6 Å². The van der Waals surface area contributed by atoms with E-state index in [0.717, 1.165) is 11.1 Å². The van der Waals surface area contributed by atoms with Gasteiger partial charge in [-0.05, 0) is 12.6 Å². The molecule has 1 N–H and O–H groups in total. The van der Waals surface area contributed by atoms with Crippen LogP contribution in [0.2, 0.25) is 0 Å². The maximum absolute atomic E-state index is 3.80. The Balaban J connectivity index is 2.96. The van der Waals surface area contributed by atoms with Gasteiger partial charge in [0, 0.05) is 12.1 Å². The Morgan fingerprint density at radius 3 is 2.80 bits per heavy atom. The van der Waals surface area contributed by atoms with Crippen molar-refractivity contribution in [3.8, 4) is 0 Å². The van der Waals surface area contributed by atoms with E-state index in [4.69, 9.17) is 0 Å². The predicted octanol–water partition coefficient (Wildman–Crippen LogP) is -1.31. The molecule has 0 spiro atoms. The quantitative estimate of drug-likeness (QED) is 0.448. The van der Waals surface area contributed by atoms with E-state index < -0.39 is 0 Å². The van der Waals surface area contributed by atoms with Gasteiger partial charge in [-0.3, -0.25) is 0 Å². The first-order valence-corrected chi connectivity index (χ1v) is 3.26. The molecule has 0 radical (unpaired) electrons. The standard InChI is InChI=1S/C9H7N/c1-7-6-8-4-2-3-5-9(8)10-7/h2-6H,1H2/p+1. The van der Waals surface area contributed by atoms with Gasteiger partial charge < -0.3 is 0 Å². The number of hydrogen-bond acceptors (Lipinski definition) is 0. The average Bonchev–Trinajstić information content (AvgIpc) is 2.27. The van der Waals surface area contributed by atoms with Gasteiger partial charge in [0.05, 0.1) is 5.22 Å². The molecule has 1 aromatic rings. The first kappa shape index (κ1) is 5.42. The first-order valence-electron chi connectivity index (χ1n) is 3.26. The Bertz CT molecular complexity index is 350. The number of para-hydroxylation sites is 1. The summed E-state index contributed by atoms with van der Waals surface area (Å²) in [4.78, 5) is 3.15. The van der Waals surface area contributed by atoms with Gasteiger partial charge in [0.15, 0.2) is 5.70 Å². The molecule has 1 aliphatic rings. The molecular weight excluding hydrogens is 122 g/mol. The molecule has 0 atom stereocenters. The van der Waals surface area contributed by atoms with Crippen molar-refractivity contribution < 1.29 is 4.99 Å². The van der Waals surface area contributed by atoms with Crippen LogP contribution in [-0.2, 0) is 0 Å². The van der Waals surface area contributed by atoms with Crippen LogP contribution in [0.3, 0.4) is 0 Å². The summed E-state index contributed by atoms with van der Waals surface area (Å²) >= 11 is 0. The lowest BCUT2D eigenvalue weighted by Crippen LogP contribution is -2.73. The zero-order chi connectivity index (χ0) is 6.97. The minimum Gasteiger partial charge on any atom is -0.205 e. The van der Waals surface area contributed by atoms with Gasteiger partial charge in [-0.1, -0.05) is 12.1 Å². The number of hydrogen-bond donors (Lipinski definition) is 1. The largest absolute Gasteiger partial charge is 0.211 e. The van der Waals surface area contributed by atoms with Gasteiger partial charge in [-0.15, -0.1) is 0 Å². The van der Waals surface area contributed by atoms with Gasteiger partial charge >= 0.3 is 0 Å². The number of fused-ring (bicyclic) bond motifs is 1. The average molecular weight is 130 g/mol. The van der Waals surface area contributed by atoms with E-state index in [1.807, 2.05) is 24.3 Å². The minimum atomic E-state index is 0.973. The molecule has 1 heteroatoms. The van der Waals surface area contributed by atoms with E-state index in [0.29, 0.717) is 0 Å². The second kappa shape index (κ2) is 1.81. The van der Waals surface area contributed by atoms with Crippen LogP contribution in [-0.4, -0.2) is 0 Å². The van der Waals surface area contributed by atoms with Crippen molar-refractivity contribution in [1.82, 2.24) is 0 Å². The van der Waals surface area contributed by atoms with Gasteiger partial charge in [-0.2, -0.15) is 0 Å². The summed E-state index contributed by atoms with van der Waals surface area (Å²) in [7, 11) is 0. The lowest BCUT2D eigenvalue weighted by molar-refractivity contribution is -0.430. The van der Waals surface area contributed by atoms with Crippen LogP contribution >= 0.6 is 0 Å². The van der Waals surface area contributed by atoms with Crippen molar-refractivity contribution in [1.29, 1.82) is 0 Å². The maximum atomic E-state index is 3.80. The van der Waals surface area contributed by atoms with Crippen molar-refractivity contribution >= 4 is 6.08 Å². The van der Waals surface area contributed by atoms with Crippen molar-refractivity contribution in [3.05, 3.63) is 47.1 Å². The van der Waals surface area contributed by atoms with Crippen molar-refractivity contribution in [3.63, 3.8) is 0 Å². The van der Waals surface area contributed by atoms with Crippen molar-refractivity contribution in [2.75, 3.05) is 0 Å². The Labute approximate surface area is 59.0 Å². The van der Waals surface area contributed by atoms with Gasteiger partial charge in [0.2, 0.25) is 5.36 Å². The first-order chi connectivity index (χ1) is 4.86. The summed E-state index contributed by atoms with van der Waals surface area (Å²) < 4.78 is 0. The molecule has 1 aromatic carbocycles. The predicted molar refractivity (Wildman–Crippen MR) is 39.4 cm³/mol. The third kappa shape index (κ3) is 0.676. The molecule has 2 rings (SSSR count). The molecule has 1 nitrogen and oxygen atoms in total. The fraction of sp³-hybridized carbons (Fsp3) is 0. The number of benzene rings is 1. The van der Waals surface area contributed by atoms with Crippen LogP contribution in [0.15, 0.2) is 36.5 Å². The Hall–Kier alpha value is -1.37. The van der Waals surface area contributed by atoms with E-state index >= 15 is 0 Å². The molecule has 1 heterocycles. The number of rotatable bonds is 0. The highest BCUT2D eigenvalue weighted by atomic mass is 14.7. The van der Waals surface area contributed by atoms with Crippen LogP contribution in [0.1, 0.15) is 0 Å². The maximum Gasteiger partial charge on any atom is 0.211 e. The normalized spacial score (nSPS) is 13.8. The second-order valence-electron chi connectivity index (χ2n) is 2.38. The van der Waals surface area contributed by atoms with E-state index in [2.05, 4.69) is 17.6 Å². The molecule has 0 saturated heterocycles. The summed E-state index contributed by atoms with van der Waals surface area (Å²) in [6, 6.07) is 8.15. The summed E-state index contributed by atoms with van der Waals surface area (Å²) in [5, 5.41) is 2.39. The third-order valence-corrected chi connectivity index (χ3v) is 1.59. The molecule has 0 fully saturated rings. The van der Waals surface area contributed by atoms with Crippen molar-refractivity contribution in [2.45, 2.75) is 0 Å². The Kier molecular flexibility index (Phi) is 0.978. The topological polar surface area (TPSA) is 14.0 Å². The van der Waals surface area contributed by atoms with Crippen LogP contribution in [0.4, 0.5) is 0 Å². The van der Waals surface area contributed by atoms with Crippen molar-refractivity contribution in [2.24, 2.45) is 0 Å². The van der Waals surface area contributed by atoms with E-state index in [1.54, 1.807) is 0 Å². The summed E-state index contributed by atoms with van der Waals surface area (Å²) in [6.45, 7) is 3.80. The van der Waals surface area contributed by atoms with Gasteiger partial charge in [-0.25, -0.2) is 4.99 Å². The molecule has 0 bridgehead atoms. The Morgan fingerprint density at radius 1 is 1.20 bits per heavy atom. The van der Waals surface area contributed by atoms with Crippen LogP contribution in [0, 0.1) is 0 Å². The number of allylic oxidation sites excluding steroid dienone is 1. The highest BCUT2D eigenvalue weighted by Crippen LogP contribution is 1.77. The molecule has 0 amide bonds. The van der Waals surface area contributed by atoms with Gasteiger partial charge in [0.25, 0.3) is 0 Å². The van der Waals surface area contributed by atoms with Gasteiger partial charge in [0.1, 0.15) is 0 Å². The lowest BCUT2D eigenvalue weighted by Gasteiger charge is -1.72. The summed E-state index contributed by atoms with van der Waals surface area (Å²) in [5.74, 6) is 0. The molecular formula is C9H8N+. The molecule has 0 unspecified atom stereocenters. The second-order valence-corrected chi connectivity index (χ2v) is 2.38. The zero-order valence-corrected chi connectivity index (χ0v) is 5.59. The summed E-state index contributed by atoms with van der Waals surface area (Å²) in [6.07, 6.45) is 2.04. The molecule has 1 aliphatic heterocycles. The lowest BCUT2D eigenvalue weighted by atomic mass is 10.3.